The molecule has 36 heavy (non-hydrogen) atoms. The van der Waals surface area contributed by atoms with Gasteiger partial charge in [0, 0.05) is 31.7 Å². The molecule has 9 heteroatoms. The summed E-state index contributed by atoms with van der Waals surface area (Å²) < 4.78 is 66.1. The number of aliphatic hydroxyl groups is 1. The highest BCUT2D eigenvalue weighted by Gasteiger charge is 2.51. The second-order valence-corrected chi connectivity index (χ2v) is 12.7. The molecule has 2 fully saturated rings. The Morgan fingerprint density at radius 3 is 2.11 bits per heavy atom. The third kappa shape index (κ3) is 5.08. The van der Waals surface area contributed by atoms with Crippen LogP contribution in [0.3, 0.4) is 0 Å². The Kier molecular flexibility index (Phi) is 7.09. The molecule has 2 aliphatic heterocycles. The largest absolute Gasteiger partial charge is 0.421 e. The van der Waals surface area contributed by atoms with Crippen molar-refractivity contribution in [2.45, 2.75) is 76.9 Å². The van der Waals surface area contributed by atoms with Gasteiger partial charge in [-0.1, -0.05) is 50.2 Å². The Morgan fingerprint density at radius 1 is 1.03 bits per heavy atom. The second-order valence-electron chi connectivity index (χ2n) is 10.8. The first-order valence-electron chi connectivity index (χ1n) is 12.3. The van der Waals surface area contributed by atoms with Crippen LogP contribution >= 0.6 is 0 Å². The molecule has 0 amide bonds. The number of sulfonamides is 1. The number of aryl methyl sites for hydroxylation is 1. The van der Waals surface area contributed by atoms with E-state index in [2.05, 4.69) is 24.8 Å². The minimum Gasteiger partial charge on any atom is -0.376 e. The molecule has 2 aromatic carbocycles. The van der Waals surface area contributed by atoms with Crippen molar-refractivity contribution in [3.63, 3.8) is 0 Å². The second kappa shape index (κ2) is 9.42. The van der Waals surface area contributed by atoms with Gasteiger partial charge in [0.05, 0.1) is 6.26 Å². The minimum atomic E-state index is -4.77. The Morgan fingerprint density at radius 2 is 1.61 bits per heavy atom. The number of likely N-dealkylation sites (tertiary alicyclic amines) is 1. The maximum absolute atomic E-state index is 13.3. The van der Waals surface area contributed by atoms with Crippen LogP contribution in [0.1, 0.15) is 61.8 Å². The minimum absolute atomic E-state index is 0.0256. The fraction of sp³-hybridized carbons (Fsp3) is 0.556. The number of hydrogen-bond donors (Lipinski definition) is 1. The van der Waals surface area contributed by atoms with Crippen molar-refractivity contribution in [2.75, 3.05) is 19.3 Å². The molecule has 198 valence electrons. The fourth-order valence-electron chi connectivity index (χ4n) is 5.75. The Labute approximate surface area is 212 Å². The van der Waals surface area contributed by atoms with E-state index in [1.165, 1.54) is 18.4 Å². The number of benzene rings is 2. The van der Waals surface area contributed by atoms with E-state index in [1.54, 1.807) is 17.3 Å². The van der Waals surface area contributed by atoms with Crippen molar-refractivity contribution in [3.8, 4) is 11.1 Å². The van der Waals surface area contributed by atoms with Crippen molar-refractivity contribution in [1.82, 2.24) is 9.21 Å². The lowest BCUT2D eigenvalue weighted by atomic mass is 9.86. The van der Waals surface area contributed by atoms with Crippen molar-refractivity contribution >= 4 is 10.0 Å². The first kappa shape index (κ1) is 27.1. The van der Waals surface area contributed by atoms with E-state index in [-0.39, 0.29) is 23.6 Å². The lowest BCUT2D eigenvalue weighted by Gasteiger charge is -2.39. The number of rotatable bonds is 6. The normalized spacial score (nSPS) is 23.3. The molecular formula is C27H35F3N2O3S. The molecule has 2 aliphatic rings. The molecule has 0 radical (unpaired) electrons. The van der Waals surface area contributed by atoms with Crippen LogP contribution in [0.15, 0.2) is 36.4 Å². The number of fused-ring (bicyclic) bond motifs is 2. The summed E-state index contributed by atoms with van der Waals surface area (Å²) in [5.41, 5.74) is 1.61. The first-order chi connectivity index (χ1) is 16.6. The molecule has 2 heterocycles. The van der Waals surface area contributed by atoms with Gasteiger partial charge in [0.2, 0.25) is 10.0 Å². The third-order valence-corrected chi connectivity index (χ3v) is 9.01. The van der Waals surface area contributed by atoms with Gasteiger partial charge in [0.25, 0.3) is 0 Å². The van der Waals surface area contributed by atoms with E-state index in [4.69, 9.17) is 0 Å². The number of nitrogens with zero attached hydrogens (tertiary/aromatic N) is 2. The van der Waals surface area contributed by atoms with Crippen LogP contribution in [0.5, 0.6) is 0 Å². The van der Waals surface area contributed by atoms with Crippen molar-refractivity contribution in [1.29, 1.82) is 0 Å². The summed E-state index contributed by atoms with van der Waals surface area (Å²) >= 11 is 0. The van der Waals surface area contributed by atoms with Crippen LogP contribution in [0, 0.1) is 6.92 Å². The van der Waals surface area contributed by atoms with E-state index >= 15 is 0 Å². The molecule has 4 rings (SSSR count). The van der Waals surface area contributed by atoms with E-state index in [0.29, 0.717) is 18.7 Å². The average molecular weight is 525 g/mol. The van der Waals surface area contributed by atoms with Gasteiger partial charge in [-0.25, -0.2) is 8.42 Å². The summed E-state index contributed by atoms with van der Waals surface area (Å²) in [5.74, 6) is 0.190. The van der Waals surface area contributed by atoms with Gasteiger partial charge >= 0.3 is 6.18 Å². The van der Waals surface area contributed by atoms with Crippen LogP contribution in [0.25, 0.3) is 11.1 Å². The third-order valence-electron chi connectivity index (χ3n) is 7.65. The van der Waals surface area contributed by atoms with Crippen molar-refractivity contribution in [3.05, 3.63) is 58.7 Å². The summed E-state index contributed by atoms with van der Waals surface area (Å²) in [5, 5.41) is 10.1. The zero-order chi connectivity index (χ0) is 26.6. The zero-order valence-electron chi connectivity index (χ0n) is 21.4. The Bertz CT molecular complexity index is 1230. The first-order valence-corrected chi connectivity index (χ1v) is 14.2. The molecule has 5 nitrogen and oxygen atoms in total. The summed E-state index contributed by atoms with van der Waals surface area (Å²) in [6, 6.07) is 10.7. The molecule has 1 N–H and O–H groups in total. The molecule has 2 saturated heterocycles. The molecule has 0 aromatic heterocycles. The average Bonchev–Trinajstić information content (AvgIpc) is 3.05. The molecule has 0 aliphatic carbocycles. The van der Waals surface area contributed by atoms with Gasteiger partial charge in [0.1, 0.15) is 0 Å². The highest BCUT2D eigenvalue weighted by atomic mass is 32.2. The van der Waals surface area contributed by atoms with E-state index in [0.717, 1.165) is 48.6 Å². The maximum Gasteiger partial charge on any atom is 0.421 e. The van der Waals surface area contributed by atoms with E-state index in [1.807, 2.05) is 12.1 Å². The zero-order valence-corrected chi connectivity index (χ0v) is 22.2. The van der Waals surface area contributed by atoms with Gasteiger partial charge in [-0.05, 0) is 66.0 Å². The van der Waals surface area contributed by atoms with Crippen LogP contribution < -0.4 is 0 Å². The highest BCUT2D eigenvalue weighted by Crippen LogP contribution is 2.41. The summed E-state index contributed by atoms with van der Waals surface area (Å²) in [6.07, 6.45) is -1.69. The molecular weight excluding hydrogens is 489 g/mol. The standard InChI is InChI=1S/C27H35F3N2O3S/c1-17(2)25-13-19(14-31-15-21-8-9-22(16-31)32(21)36(5,34)35)6-10-24(25)23-11-7-20(12-18(23)3)26(4,33)27(28,29)30/h6-7,10-13,17,21-22,33H,8-9,14-16H2,1-5H3. The van der Waals surface area contributed by atoms with Gasteiger partial charge in [-0.3, -0.25) is 4.90 Å². The molecule has 0 spiro atoms. The summed E-state index contributed by atoms with van der Waals surface area (Å²) in [6.45, 7) is 8.86. The van der Waals surface area contributed by atoms with Crippen molar-refractivity contribution in [2.24, 2.45) is 0 Å². The number of piperazine rings is 1. The van der Waals surface area contributed by atoms with Crippen LogP contribution in [-0.4, -0.2) is 60.3 Å². The molecule has 2 aromatic rings. The predicted molar refractivity (Wildman–Crippen MR) is 135 cm³/mol. The quantitative estimate of drug-likeness (QED) is 0.567. The molecule has 3 atom stereocenters. The Balaban J connectivity index is 1.59. The maximum atomic E-state index is 13.3. The Hall–Kier alpha value is -1.94. The number of hydrogen-bond acceptors (Lipinski definition) is 4. The lowest BCUT2D eigenvalue weighted by molar-refractivity contribution is -0.258. The molecule has 2 bridgehead atoms. The van der Waals surface area contributed by atoms with E-state index < -0.39 is 21.8 Å². The predicted octanol–water partition coefficient (Wildman–Crippen LogP) is 5.16. The smallest absolute Gasteiger partial charge is 0.376 e. The number of alkyl halides is 3. The fourth-order valence-corrected chi connectivity index (χ4v) is 7.17. The van der Waals surface area contributed by atoms with Crippen LogP contribution in [-0.2, 0) is 22.2 Å². The van der Waals surface area contributed by atoms with Gasteiger partial charge < -0.3 is 5.11 Å². The van der Waals surface area contributed by atoms with Crippen LogP contribution in [0.2, 0.25) is 0 Å². The van der Waals surface area contributed by atoms with Gasteiger partial charge in [-0.2, -0.15) is 17.5 Å². The van der Waals surface area contributed by atoms with Gasteiger partial charge in [-0.15, -0.1) is 0 Å². The molecule has 3 unspecified atom stereocenters. The summed E-state index contributed by atoms with van der Waals surface area (Å²) in [4.78, 5) is 2.32. The van der Waals surface area contributed by atoms with Crippen LogP contribution in [0.4, 0.5) is 13.2 Å². The van der Waals surface area contributed by atoms with E-state index in [9.17, 15) is 26.7 Å². The molecule has 0 saturated carbocycles. The SMILES string of the molecule is Cc1cc(C(C)(O)C(F)(F)F)ccc1-c1ccc(CN2CC3CCC(C2)N3S(C)(=O)=O)cc1C(C)C. The van der Waals surface area contributed by atoms with Gasteiger partial charge in [0.15, 0.2) is 5.60 Å². The number of halogens is 3. The highest BCUT2D eigenvalue weighted by molar-refractivity contribution is 7.88. The topological polar surface area (TPSA) is 60.9 Å². The monoisotopic (exact) mass is 524 g/mol. The van der Waals surface area contributed by atoms with Crippen molar-refractivity contribution < 1.29 is 26.7 Å². The summed E-state index contributed by atoms with van der Waals surface area (Å²) in [7, 11) is -3.21. The lowest BCUT2D eigenvalue weighted by Crippen LogP contribution is -2.54.